The number of halogens is 1. The second-order valence-corrected chi connectivity index (χ2v) is 5.61. The molecule has 0 bridgehead atoms. The summed E-state index contributed by atoms with van der Waals surface area (Å²) in [6.07, 6.45) is 0. The van der Waals surface area contributed by atoms with Gasteiger partial charge in [0.1, 0.15) is 12.3 Å². The number of phenols is 1. The Morgan fingerprint density at radius 1 is 1.25 bits per heavy atom. The number of ether oxygens (including phenoxy) is 1. The molecule has 0 aliphatic carbocycles. The first kappa shape index (κ1) is 22.4. The average Bonchev–Trinajstić information content (AvgIpc) is 2.52. The smallest absolute Gasteiger partial charge is 0.246 e. The molecule has 0 aromatic heterocycles. The second kappa shape index (κ2) is 11.1. The highest BCUT2D eigenvalue weighted by Gasteiger charge is 2.16. The SMILES string of the molecule is CCNC(=NCC(=O)Nc1ccc(O)cc1)NCC(C)(C)OC.I. The van der Waals surface area contributed by atoms with E-state index in [1.165, 1.54) is 12.1 Å². The highest BCUT2D eigenvalue weighted by Crippen LogP contribution is 2.13. The summed E-state index contributed by atoms with van der Waals surface area (Å²) in [6, 6.07) is 6.28. The Labute approximate surface area is 160 Å². The average molecular weight is 450 g/mol. The Kier molecular flexibility index (Phi) is 10.4. The maximum absolute atomic E-state index is 11.9. The molecule has 1 amide bonds. The quantitative estimate of drug-likeness (QED) is 0.221. The van der Waals surface area contributed by atoms with Crippen molar-refractivity contribution < 1.29 is 14.6 Å². The van der Waals surface area contributed by atoms with Gasteiger partial charge in [0.05, 0.1) is 5.60 Å². The van der Waals surface area contributed by atoms with Crippen LogP contribution in [-0.4, -0.2) is 49.3 Å². The first-order valence-electron chi connectivity index (χ1n) is 7.52. The molecule has 1 rings (SSSR count). The van der Waals surface area contributed by atoms with Crippen molar-refractivity contribution in [3.05, 3.63) is 24.3 Å². The predicted molar refractivity (Wildman–Crippen MR) is 107 cm³/mol. The van der Waals surface area contributed by atoms with Crippen LogP contribution in [0.25, 0.3) is 0 Å². The van der Waals surface area contributed by atoms with Crippen molar-refractivity contribution >= 4 is 41.5 Å². The molecule has 0 atom stereocenters. The monoisotopic (exact) mass is 450 g/mol. The van der Waals surface area contributed by atoms with E-state index in [1.807, 2.05) is 20.8 Å². The second-order valence-electron chi connectivity index (χ2n) is 5.61. The van der Waals surface area contributed by atoms with Crippen LogP contribution in [0.2, 0.25) is 0 Å². The molecule has 136 valence electrons. The number of benzene rings is 1. The summed E-state index contributed by atoms with van der Waals surface area (Å²) >= 11 is 0. The topological polar surface area (TPSA) is 95.0 Å². The van der Waals surface area contributed by atoms with Crippen LogP contribution < -0.4 is 16.0 Å². The summed E-state index contributed by atoms with van der Waals surface area (Å²) < 4.78 is 5.34. The van der Waals surface area contributed by atoms with E-state index in [2.05, 4.69) is 20.9 Å². The minimum atomic E-state index is -0.329. The maximum atomic E-state index is 11.9. The molecular formula is C16H27IN4O3. The molecule has 0 aliphatic heterocycles. The number of carbonyl (C=O) groups is 1. The third kappa shape index (κ3) is 8.92. The van der Waals surface area contributed by atoms with Crippen molar-refractivity contribution in [2.24, 2.45) is 4.99 Å². The standard InChI is InChI=1S/C16H26N4O3.HI/c1-5-17-15(19-11-16(2,3)23-4)18-10-14(22)20-12-6-8-13(21)9-7-12;/h6-9,21H,5,10-11H2,1-4H3,(H,20,22)(H2,17,18,19);1H. The van der Waals surface area contributed by atoms with Crippen LogP contribution >= 0.6 is 24.0 Å². The normalized spacial score (nSPS) is 11.4. The lowest BCUT2D eigenvalue weighted by Gasteiger charge is -2.24. The van der Waals surface area contributed by atoms with E-state index in [4.69, 9.17) is 4.74 Å². The number of hydrogen-bond acceptors (Lipinski definition) is 4. The molecule has 0 saturated carbocycles. The molecule has 0 aliphatic rings. The largest absolute Gasteiger partial charge is 0.508 e. The van der Waals surface area contributed by atoms with Gasteiger partial charge in [-0.2, -0.15) is 0 Å². The van der Waals surface area contributed by atoms with Crippen molar-refractivity contribution in [3.63, 3.8) is 0 Å². The van der Waals surface area contributed by atoms with Crippen LogP contribution in [0.1, 0.15) is 20.8 Å². The molecular weight excluding hydrogens is 423 g/mol. The van der Waals surface area contributed by atoms with E-state index in [1.54, 1.807) is 19.2 Å². The third-order valence-electron chi connectivity index (χ3n) is 3.11. The molecule has 0 heterocycles. The molecule has 0 spiro atoms. The molecule has 0 radical (unpaired) electrons. The Morgan fingerprint density at radius 3 is 2.42 bits per heavy atom. The molecule has 0 fully saturated rings. The molecule has 7 nitrogen and oxygen atoms in total. The summed E-state index contributed by atoms with van der Waals surface area (Å²) in [7, 11) is 1.65. The van der Waals surface area contributed by atoms with Crippen LogP contribution in [0.3, 0.4) is 0 Å². The van der Waals surface area contributed by atoms with Gasteiger partial charge >= 0.3 is 0 Å². The van der Waals surface area contributed by atoms with Gasteiger partial charge in [-0.25, -0.2) is 4.99 Å². The number of aromatic hydroxyl groups is 1. The van der Waals surface area contributed by atoms with Crippen molar-refractivity contribution in [1.82, 2.24) is 10.6 Å². The van der Waals surface area contributed by atoms with E-state index >= 15 is 0 Å². The number of nitrogens with zero attached hydrogens (tertiary/aromatic N) is 1. The van der Waals surface area contributed by atoms with E-state index < -0.39 is 0 Å². The van der Waals surface area contributed by atoms with E-state index in [-0.39, 0.29) is 47.8 Å². The Bertz CT molecular complexity index is 533. The number of aliphatic imine (C=N–C) groups is 1. The lowest BCUT2D eigenvalue weighted by molar-refractivity contribution is -0.114. The highest BCUT2D eigenvalue weighted by molar-refractivity contribution is 14.0. The zero-order valence-corrected chi connectivity index (χ0v) is 16.9. The lowest BCUT2D eigenvalue weighted by atomic mass is 10.1. The van der Waals surface area contributed by atoms with Gasteiger partial charge in [0.25, 0.3) is 0 Å². The molecule has 0 saturated heterocycles. The fraction of sp³-hybridized carbons (Fsp3) is 0.500. The highest BCUT2D eigenvalue weighted by atomic mass is 127. The Hall–Kier alpha value is -1.55. The summed E-state index contributed by atoms with van der Waals surface area (Å²) in [5.74, 6) is 0.470. The zero-order valence-electron chi connectivity index (χ0n) is 14.5. The summed E-state index contributed by atoms with van der Waals surface area (Å²) in [5.41, 5.74) is 0.284. The minimum Gasteiger partial charge on any atom is -0.508 e. The molecule has 0 unspecified atom stereocenters. The first-order valence-corrected chi connectivity index (χ1v) is 7.52. The Balaban J connectivity index is 0.00000529. The van der Waals surface area contributed by atoms with Gasteiger partial charge in [0.15, 0.2) is 5.96 Å². The van der Waals surface area contributed by atoms with Gasteiger partial charge in [-0.15, -0.1) is 24.0 Å². The van der Waals surface area contributed by atoms with Crippen LogP contribution in [0.15, 0.2) is 29.3 Å². The third-order valence-corrected chi connectivity index (χ3v) is 3.11. The fourth-order valence-corrected chi connectivity index (χ4v) is 1.61. The lowest BCUT2D eigenvalue weighted by Crippen LogP contribution is -2.45. The van der Waals surface area contributed by atoms with E-state index in [0.29, 0.717) is 24.7 Å². The van der Waals surface area contributed by atoms with Crippen molar-refractivity contribution in [2.75, 3.05) is 32.1 Å². The molecule has 1 aromatic rings. The van der Waals surface area contributed by atoms with Gasteiger partial charge < -0.3 is 25.8 Å². The van der Waals surface area contributed by atoms with Crippen LogP contribution in [0.5, 0.6) is 5.75 Å². The molecule has 8 heteroatoms. The maximum Gasteiger partial charge on any atom is 0.246 e. The summed E-state index contributed by atoms with van der Waals surface area (Å²) in [6.45, 7) is 7.12. The van der Waals surface area contributed by atoms with Gasteiger partial charge in [-0.1, -0.05) is 0 Å². The number of amides is 1. The van der Waals surface area contributed by atoms with Crippen molar-refractivity contribution in [1.29, 1.82) is 0 Å². The van der Waals surface area contributed by atoms with Crippen LogP contribution in [0.4, 0.5) is 5.69 Å². The Morgan fingerprint density at radius 2 is 1.88 bits per heavy atom. The van der Waals surface area contributed by atoms with E-state index in [0.717, 1.165) is 0 Å². The molecule has 24 heavy (non-hydrogen) atoms. The van der Waals surface area contributed by atoms with Gasteiger partial charge in [0, 0.05) is 25.9 Å². The predicted octanol–water partition coefficient (Wildman–Crippen LogP) is 1.93. The minimum absolute atomic E-state index is 0. The van der Waals surface area contributed by atoms with Crippen LogP contribution in [-0.2, 0) is 9.53 Å². The van der Waals surface area contributed by atoms with Gasteiger partial charge in [-0.05, 0) is 45.0 Å². The van der Waals surface area contributed by atoms with Gasteiger partial charge in [-0.3, -0.25) is 4.79 Å². The number of phenolic OH excluding ortho intramolecular Hbond substituents is 1. The number of rotatable bonds is 7. The molecule has 4 N–H and O–H groups in total. The first-order chi connectivity index (χ1) is 10.9. The van der Waals surface area contributed by atoms with Crippen LogP contribution in [0, 0.1) is 0 Å². The zero-order chi connectivity index (χ0) is 17.3. The van der Waals surface area contributed by atoms with Crippen molar-refractivity contribution in [3.8, 4) is 5.75 Å². The number of methoxy groups -OCH3 is 1. The fourth-order valence-electron chi connectivity index (χ4n) is 1.61. The number of hydrogen-bond donors (Lipinski definition) is 4. The number of guanidine groups is 1. The van der Waals surface area contributed by atoms with Crippen molar-refractivity contribution in [2.45, 2.75) is 26.4 Å². The summed E-state index contributed by atoms with van der Waals surface area (Å²) in [5, 5.41) is 18.1. The number of anilines is 1. The number of carbonyl (C=O) groups excluding carboxylic acids is 1. The number of nitrogens with one attached hydrogen (secondary N) is 3. The van der Waals surface area contributed by atoms with Gasteiger partial charge in [0.2, 0.25) is 5.91 Å². The van der Waals surface area contributed by atoms with E-state index in [9.17, 15) is 9.90 Å². The summed E-state index contributed by atoms with van der Waals surface area (Å²) in [4.78, 5) is 16.1. The molecule has 1 aromatic carbocycles.